The fraction of sp³-hybridized carbons (Fsp3) is 0.0833. The predicted octanol–water partition coefficient (Wildman–Crippen LogP) is 2.58. The largest absolute Gasteiger partial charge is 0.306 e. The topological polar surface area (TPSA) is 47.3 Å². The molecule has 5 heteroatoms. The third kappa shape index (κ3) is 1.74. The van der Waals surface area contributed by atoms with Gasteiger partial charge in [-0.05, 0) is 19.1 Å². The van der Waals surface area contributed by atoms with Crippen molar-refractivity contribution in [3.8, 4) is 10.6 Å². The van der Waals surface area contributed by atoms with E-state index in [9.17, 15) is 4.79 Å². The summed E-state index contributed by atoms with van der Waals surface area (Å²) in [4.78, 5) is 20.4. The molecule has 0 saturated carbocycles. The summed E-state index contributed by atoms with van der Waals surface area (Å²) in [5, 5.41) is 1.02. The Hall–Kier alpha value is -2.01. The Morgan fingerprint density at radius 1 is 1.47 bits per heavy atom. The maximum Gasteiger partial charge on any atom is 0.150 e. The van der Waals surface area contributed by atoms with Crippen LogP contribution in [0.3, 0.4) is 0 Å². The molecule has 3 heterocycles. The number of rotatable bonds is 2. The third-order valence-electron chi connectivity index (χ3n) is 2.49. The summed E-state index contributed by atoms with van der Waals surface area (Å²) in [6.07, 6.45) is 6.42. The van der Waals surface area contributed by atoms with E-state index >= 15 is 0 Å². The lowest BCUT2D eigenvalue weighted by atomic mass is 10.3. The highest BCUT2D eigenvalue weighted by molar-refractivity contribution is 7.15. The Morgan fingerprint density at radius 2 is 2.35 bits per heavy atom. The highest BCUT2D eigenvalue weighted by Gasteiger charge is 2.07. The highest BCUT2D eigenvalue weighted by atomic mass is 32.1. The van der Waals surface area contributed by atoms with Gasteiger partial charge in [0.15, 0.2) is 0 Å². The van der Waals surface area contributed by atoms with Gasteiger partial charge in [-0.25, -0.2) is 9.97 Å². The maximum atomic E-state index is 10.7. The second kappa shape index (κ2) is 3.78. The van der Waals surface area contributed by atoms with E-state index in [-0.39, 0.29) is 0 Å². The molecule has 3 rings (SSSR count). The van der Waals surface area contributed by atoms with Crippen molar-refractivity contribution >= 4 is 23.3 Å². The fourth-order valence-electron chi connectivity index (χ4n) is 1.67. The molecule has 4 nitrogen and oxygen atoms in total. The summed E-state index contributed by atoms with van der Waals surface area (Å²) >= 11 is 1.61. The first-order chi connectivity index (χ1) is 8.26. The highest BCUT2D eigenvalue weighted by Crippen LogP contribution is 2.25. The Labute approximate surface area is 102 Å². The number of aryl methyl sites for hydroxylation is 1. The molecule has 0 saturated heterocycles. The van der Waals surface area contributed by atoms with Gasteiger partial charge in [-0.15, -0.1) is 11.3 Å². The summed E-state index contributed by atoms with van der Waals surface area (Å²) in [5.74, 6) is 0. The number of pyridine rings is 1. The zero-order valence-corrected chi connectivity index (χ0v) is 9.94. The van der Waals surface area contributed by atoms with E-state index in [4.69, 9.17) is 0 Å². The van der Waals surface area contributed by atoms with E-state index in [2.05, 4.69) is 9.97 Å². The average Bonchev–Trinajstić information content (AvgIpc) is 2.93. The molecule has 0 aliphatic rings. The molecule has 0 aromatic carbocycles. The summed E-state index contributed by atoms with van der Waals surface area (Å²) in [5.41, 5.74) is 2.30. The van der Waals surface area contributed by atoms with Gasteiger partial charge in [0, 0.05) is 24.2 Å². The minimum Gasteiger partial charge on any atom is -0.306 e. The average molecular weight is 243 g/mol. The summed E-state index contributed by atoms with van der Waals surface area (Å²) in [6.45, 7) is 1.97. The predicted molar refractivity (Wildman–Crippen MR) is 66.4 cm³/mol. The van der Waals surface area contributed by atoms with Crippen molar-refractivity contribution in [3.05, 3.63) is 41.3 Å². The van der Waals surface area contributed by atoms with Crippen LogP contribution in [0.4, 0.5) is 0 Å². The number of hydrogen-bond donors (Lipinski definition) is 0. The Balaban J connectivity index is 2.16. The van der Waals surface area contributed by atoms with Crippen molar-refractivity contribution < 1.29 is 4.79 Å². The van der Waals surface area contributed by atoms with Crippen LogP contribution < -0.4 is 0 Å². The van der Waals surface area contributed by atoms with Crippen molar-refractivity contribution in [2.45, 2.75) is 6.92 Å². The van der Waals surface area contributed by atoms with Crippen LogP contribution in [0.2, 0.25) is 0 Å². The van der Waals surface area contributed by atoms with Gasteiger partial charge in [-0.1, -0.05) is 0 Å². The molecule has 17 heavy (non-hydrogen) atoms. The van der Waals surface area contributed by atoms with Crippen molar-refractivity contribution in [2.24, 2.45) is 0 Å². The molecular formula is C12H9N3OS. The van der Waals surface area contributed by atoms with Crippen LogP contribution >= 0.6 is 11.3 Å². The Morgan fingerprint density at radius 3 is 3.06 bits per heavy atom. The molecule has 3 aromatic rings. The SMILES string of the molecule is Cc1ncc(-c2cn3ccc(C=O)cc3n2)s1. The summed E-state index contributed by atoms with van der Waals surface area (Å²) < 4.78 is 1.90. The van der Waals surface area contributed by atoms with E-state index in [0.29, 0.717) is 5.56 Å². The first-order valence-corrected chi connectivity index (χ1v) is 5.94. The van der Waals surface area contributed by atoms with Crippen molar-refractivity contribution in [2.75, 3.05) is 0 Å². The number of hydrogen-bond acceptors (Lipinski definition) is 4. The number of imidazole rings is 1. The molecule has 0 aliphatic heterocycles. The molecule has 0 N–H and O–H groups in total. The van der Waals surface area contributed by atoms with Gasteiger partial charge in [-0.3, -0.25) is 4.79 Å². The smallest absolute Gasteiger partial charge is 0.150 e. The van der Waals surface area contributed by atoms with Crippen LogP contribution in [0.25, 0.3) is 16.2 Å². The lowest BCUT2D eigenvalue weighted by molar-refractivity contribution is 0.112. The van der Waals surface area contributed by atoms with Gasteiger partial charge < -0.3 is 4.40 Å². The standard InChI is InChI=1S/C12H9N3OS/c1-8-13-5-11(17-8)10-6-15-3-2-9(7-16)4-12(15)14-10/h2-7H,1H3. The van der Waals surface area contributed by atoms with Crippen LogP contribution in [-0.4, -0.2) is 20.7 Å². The van der Waals surface area contributed by atoms with E-state index < -0.39 is 0 Å². The van der Waals surface area contributed by atoms with Crippen LogP contribution in [0, 0.1) is 6.92 Å². The number of fused-ring (bicyclic) bond motifs is 1. The molecule has 0 aliphatic carbocycles. The van der Waals surface area contributed by atoms with Gasteiger partial charge in [-0.2, -0.15) is 0 Å². The van der Waals surface area contributed by atoms with Crippen LogP contribution in [0.15, 0.2) is 30.7 Å². The molecule has 0 bridgehead atoms. The molecule has 0 fully saturated rings. The first kappa shape index (κ1) is 10.2. The molecule has 0 amide bonds. The fourth-order valence-corrected chi connectivity index (χ4v) is 2.40. The monoisotopic (exact) mass is 243 g/mol. The Bertz CT molecular complexity index is 699. The van der Waals surface area contributed by atoms with Crippen molar-refractivity contribution in [3.63, 3.8) is 0 Å². The number of aromatic nitrogens is 3. The van der Waals surface area contributed by atoms with Crippen LogP contribution in [0.1, 0.15) is 15.4 Å². The van der Waals surface area contributed by atoms with E-state index in [1.807, 2.05) is 29.9 Å². The zero-order valence-electron chi connectivity index (χ0n) is 9.12. The molecular weight excluding hydrogens is 234 g/mol. The second-order valence-corrected chi connectivity index (χ2v) is 4.95. The second-order valence-electron chi connectivity index (χ2n) is 3.71. The third-order valence-corrected chi connectivity index (χ3v) is 3.43. The minimum atomic E-state index is 0.634. The maximum absolute atomic E-state index is 10.7. The van der Waals surface area contributed by atoms with Gasteiger partial charge in [0.1, 0.15) is 17.6 Å². The molecule has 0 atom stereocenters. The molecule has 0 radical (unpaired) electrons. The normalized spacial score (nSPS) is 10.9. The quantitative estimate of drug-likeness (QED) is 0.650. The van der Waals surface area contributed by atoms with Gasteiger partial charge in [0.05, 0.1) is 9.88 Å². The molecule has 0 unspecified atom stereocenters. The first-order valence-electron chi connectivity index (χ1n) is 5.13. The van der Waals surface area contributed by atoms with Gasteiger partial charge >= 0.3 is 0 Å². The van der Waals surface area contributed by atoms with Crippen molar-refractivity contribution in [1.82, 2.24) is 14.4 Å². The lowest BCUT2D eigenvalue weighted by Crippen LogP contribution is -1.85. The summed E-state index contributed by atoms with van der Waals surface area (Å²) in [7, 11) is 0. The molecule has 3 aromatic heterocycles. The number of thiazole rings is 1. The van der Waals surface area contributed by atoms with Gasteiger partial charge in [0.25, 0.3) is 0 Å². The number of carbonyl (C=O) groups is 1. The number of carbonyl (C=O) groups excluding carboxylic acids is 1. The lowest BCUT2D eigenvalue weighted by Gasteiger charge is -1.91. The molecule has 84 valence electrons. The summed E-state index contributed by atoms with van der Waals surface area (Å²) in [6, 6.07) is 3.54. The minimum absolute atomic E-state index is 0.634. The number of aldehydes is 1. The van der Waals surface area contributed by atoms with Crippen LogP contribution in [-0.2, 0) is 0 Å². The van der Waals surface area contributed by atoms with Crippen LogP contribution in [0.5, 0.6) is 0 Å². The molecule has 0 spiro atoms. The zero-order chi connectivity index (χ0) is 11.8. The van der Waals surface area contributed by atoms with E-state index in [1.54, 1.807) is 23.5 Å². The van der Waals surface area contributed by atoms with E-state index in [0.717, 1.165) is 27.5 Å². The Kier molecular flexibility index (Phi) is 2.26. The van der Waals surface area contributed by atoms with E-state index in [1.165, 1.54) is 0 Å². The van der Waals surface area contributed by atoms with Gasteiger partial charge in [0.2, 0.25) is 0 Å². The van der Waals surface area contributed by atoms with Crippen molar-refractivity contribution in [1.29, 1.82) is 0 Å². The number of nitrogens with zero attached hydrogens (tertiary/aromatic N) is 3.